The third-order valence-electron chi connectivity index (χ3n) is 10.5. The van der Waals surface area contributed by atoms with Gasteiger partial charge in [-0.3, -0.25) is 0 Å². The standard InChI is InChI=1S/C50H30O4.2Na/c51-49(52)43-15-7-1-9-37(43)33-23-17-31(18-24-33)21-27-35-29-45-46(48-41-13-5-3-11-39(41)47(45)40-12-4-6-14-42(40)48)30-36(35)28-22-32-19-25-34(26-20-32)38-10-2-8-16-44(38)50(53)54;;/h1-20,23-26,29-30,47-48H,(H,51,52)(H,53,54);;/q;2*+1/p-2. The maximum atomic E-state index is 11.7. The molecule has 6 heteroatoms. The predicted octanol–water partition coefficient (Wildman–Crippen LogP) is 1.54. The molecule has 56 heavy (non-hydrogen) atoms. The van der Waals surface area contributed by atoms with Crippen molar-refractivity contribution < 1.29 is 78.9 Å². The van der Waals surface area contributed by atoms with Crippen molar-refractivity contribution in [1.29, 1.82) is 0 Å². The average Bonchev–Trinajstić information content (AvgIpc) is 3.22. The molecule has 3 aliphatic carbocycles. The van der Waals surface area contributed by atoms with E-state index in [0.717, 1.165) is 33.4 Å². The molecule has 254 valence electrons. The van der Waals surface area contributed by atoms with E-state index in [1.807, 2.05) is 60.7 Å². The van der Waals surface area contributed by atoms with Crippen molar-refractivity contribution in [1.82, 2.24) is 0 Å². The van der Waals surface area contributed by atoms with Crippen molar-refractivity contribution in [2.24, 2.45) is 0 Å². The first kappa shape index (κ1) is 38.9. The van der Waals surface area contributed by atoms with E-state index in [0.29, 0.717) is 11.1 Å². The molecule has 0 aliphatic heterocycles. The van der Waals surface area contributed by atoms with E-state index in [1.165, 1.54) is 33.4 Å². The smallest absolute Gasteiger partial charge is 0.545 e. The van der Waals surface area contributed by atoms with Gasteiger partial charge in [-0.15, -0.1) is 0 Å². The van der Waals surface area contributed by atoms with Gasteiger partial charge in [-0.2, -0.15) is 0 Å². The summed E-state index contributed by atoms with van der Waals surface area (Å²) in [5.41, 5.74) is 13.9. The number of aromatic carboxylic acids is 2. The number of hydrogen-bond donors (Lipinski definition) is 0. The summed E-state index contributed by atoms with van der Waals surface area (Å²) in [5, 5.41) is 23.5. The van der Waals surface area contributed by atoms with Gasteiger partial charge in [0.05, 0.1) is 11.9 Å². The Bertz CT molecular complexity index is 2560. The SMILES string of the molecule is O=C([O-])c1ccccc1-c1ccc(C#Cc2cc3c(cc2C#Cc2ccc(-c4ccccc4C(=O)[O-])cc2)C2c4ccccc4C3c3ccccc32)cc1.[Na+].[Na+]. The first-order chi connectivity index (χ1) is 26.4. The zero-order valence-corrected chi connectivity index (χ0v) is 34.8. The summed E-state index contributed by atoms with van der Waals surface area (Å²) in [6.07, 6.45) is 0. The monoisotopic (exact) mass is 738 g/mol. The van der Waals surface area contributed by atoms with Gasteiger partial charge >= 0.3 is 59.1 Å². The number of carboxylic acid groups (broad SMARTS) is 2. The minimum absolute atomic E-state index is 0. The second-order valence-electron chi connectivity index (χ2n) is 13.5. The van der Waals surface area contributed by atoms with Crippen LogP contribution in [-0.2, 0) is 0 Å². The normalized spacial score (nSPS) is 13.8. The number of benzene rings is 7. The maximum Gasteiger partial charge on any atom is 1.00 e. The fraction of sp³-hybridized carbons (Fsp3) is 0.0400. The van der Waals surface area contributed by atoms with Crippen LogP contribution in [0.2, 0.25) is 0 Å². The molecule has 0 amide bonds. The molecular formula is C50H28Na2O4. The van der Waals surface area contributed by atoms with Crippen LogP contribution in [-0.4, -0.2) is 11.9 Å². The number of hydrogen-bond acceptors (Lipinski definition) is 4. The molecule has 0 heterocycles. The first-order valence-corrected chi connectivity index (χ1v) is 17.7. The van der Waals surface area contributed by atoms with Crippen LogP contribution in [0.25, 0.3) is 22.3 Å². The van der Waals surface area contributed by atoms with Crippen LogP contribution < -0.4 is 69.3 Å². The average molecular weight is 739 g/mol. The molecule has 0 N–H and O–H groups in total. The van der Waals surface area contributed by atoms with Crippen LogP contribution in [0, 0.1) is 23.7 Å². The largest absolute Gasteiger partial charge is 1.00 e. The Morgan fingerprint density at radius 1 is 0.393 bits per heavy atom. The Balaban J connectivity index is 0.00000240. The van der Waals surface area contributed by atoms with E-state index in [9.17, 15) is 19.8 Å². The number of carboxylic acids is 2. The summed E-state index contributed by atoms with van der Waals surface area (Å²) in [5.74, 6) is 11.3. The summed E-state index contributed by atoms with van der Waals surface area (Å²) in [6.45, 7) is 0. The molecule has 0 fully saturated rings. The summed E-state index contributed by atoms with van der Waals surface area (Å²) >= 11 is 0. The molecule has 0 saturated heterocycles. The summed E-state index contributed by atoms with van der Waals surface area (Å²) < 4.78 is 0. The van der Waals surface area contributed by atoms with Crippen LogP contribution in [0.1, 0.15) is 88.2 Å². The molecule has 0 saturated carbocycles. The molecule has 7 aromatic carbocycles. The third-order valence-corrected chi connectivity index (χ3v) is 10.5. The van der Waals surface area contributed by atoms with Crippen molar-refractivity contribution in [2.45, 2.75) is 11.8 Å². The summed E-state index contributed by atoms with van der Waals surface area (Å²) in [6, 6.07) is 50.5. The van der Waals surface area contributed by atoms with Crippen LogP contribution in [0.3, 0.4) is 0 Å². The number of carbonyl (C=O) groups is 2. The zero-order valence-electron chi connectivity index (χ0n) is 30.8. The molecule has 0 spiro atoms. The van der Waals surface area contributed by atoms with Crippen LogP contribution >= 0.6 is 0 Å². The Labute approximate surface area is 369 Å². The molecule has 0 radical (unpaired) electrons. The van der Waals surface area contributed by atoms with Gasteiger partial charge in [-0.1, -0.05) is 145 Å². The van der Waals surface area contributed by atoms with Crippen molar-refractivity contribution in [3.05, 3.63) is 224 Å². The Morgan fingerprint density at radius 3 is 1.05 bits per heavy atom. The Hall–Kier alpha value is -5.40. The molecule has 0 atom stereocenters. The molecule has 7 aromatic rings. The molecular weight excluding hydrogens is 711 g/mol. The van der Waals surface area contributed by atoms with E-state index in [4.69, 9.17) is 0 Å². The van der Waals surface area contributed by atoms with Crippen molar-refractivity contribution in [2.75, 3.05) is 0 Å². The fourth-order valence-corrected chi connectivity index (χ4v) is 7.99. The first-order valence-electron chi connectivity index (χ1n) is 17.7. The van der Waals surface area contributed by atoms with Crippen LogP contribution in [0.4, 0.5) is 0 Å². The van der Waals surface area contributed by atoms with Gasteiger partial charge in [0.2, 0.25) is 0 Å². The van der Waals surface area contributed by atoms with E-state index in [-0.39, 0.29) is 82.1 Å². The minimum atomic E-state index is -1.22. The van der Waals surface area contributed by atoms with Crippen molar-refractivity contribution in [3.8, 4) is 45.9 Å². The van der Waals surface area contributed by atoms with Gasteiger partial charge in [-0.05, 0) is 92.0 Å². The second kappa shape index (κ2) is 16.4. The van der Waals surface area contributed by atoms with Gasteiger partial charge in [0.15, 0.2) is 0 Å². The Kier molecular flexibility index (Phi) is 11.4. The zero-order chi connectivity index (χ0) is 36.8. The maximum absolute atomic E-state index is 11.7. The molecule has 10 rings (SSSR count). The van der Waals surface area contributed by atoms with E-state index >= 15 is 0 Å². The second-order valence-corrected chi connectivity index (χ2v) is 13.5. The molecule has 2 bridgehead atoms. The van der Waals surface area contributed by atoms with Gasteiger partial charge < -0.3 is 19.8 Å². The topological polar surface area (TPSA) is 80.3 Å². The molecule has 4 nitrogen and oxygen atoms in total. The quantitative estimate of drug-likeness (QED) is 0.203. The number of carbonyl (C=O) groups excluding carboxylic acids is 2. The molecule has 3 aliphatic rings. The Morgan fingerprint density at radius 2 is 0.714 bits per heavy atom. The van der Waals surface area contributed by atoms with E-state index in [2.05, 4.69) is 84.3 Å². The molecule has 0 unspecified atom stereocenters. The summed E-state index contributed by atoms with van der Waals surface area (Å²) in [7, 11) is 0. The van der Waals surface area contributed by atoms with E-state index in [1.54, 1.807) is 36.4 Å². The fourth-order valence-electron chi connectivity index (χ4n) is 7.99. The van der Waals surface area contributed by atoms with Gasteiger partial charge in [-0.25, -0.2) is 0 Å². The van der Waals surface area contributed by atoms with Gasteiger partial charge in [0, 0.05) is 45.2 Å². The van der Waals surface area contributed by atoms with E-state index < -0.39 is 11.9 Å². The van der Waals surface area contributed by atoms with Gasteiger partial charge in [0.1, 0.15) is 0 Å². The van der Waals surface area contributed by atoms with Crippen molar-refractivity contribution >= 4 is 11.9 Å². The van der Waals surface area contributed by atoms with Crippen LogP contribution in [0.15, 0.2) is 158 Å². The number of rotatable bonds is 4. The van der Waals surface area contributed by atoms with Crippen molar-refractivity contribution in [3.63, 3.8) is 0 Å². The summed E-state index contributed by atoms with van der Waals surface area (Å²) in [4.78, 5) is 23.5. The molecule has 0 aromatic heterocycles. The van der Waals surface area contributed by atoms with Crippen LogP contribution in [0.5, 0.6) is 0 Å². The van der Waals surface area contributed by atoms with Gasteiger partial charge in [0.25, 0.3) is 0 Å². The predicted molar refractivity (Wildman–Crippen MR) is 206 cm³/mol. The third kappa shape index (κ3) is 7.09. The minimum Gasteiger partial charge on any atom is -0.545 e.